The van der Waals surface area contributed by atoms with Gasteiger partial charge in [0.1, 0.15) is 6.26 Å². The fourth-order valence-corrected chi connectivity index (χ4v) is 2.83. The van der Waals surface area contributed by atoms with Gasteiger partial charge in [0.25, 0.3) is 0 Å². The smallest absolute Gasteiger partial charge is 0.226 e. The summed E-state index contributed by atoms with van der Waals surface area (Å²) >= 11 is 0. The molecule has 0 saturated carbocycles. The topological polar surface area (TPSA) is 65.7 Å². The monoisotopic (exact) mass is 377 g/mol. The number of hydrogen-bond donors (Lipinski definition) is 2. The van der Waals surface area contributed by atoms with Crippen LogP contribution in [0.3, 0.4) is 0 Å². The molecule has 0 fully saturated rings. The largest absolute Gasteiger partial charge is 0.444 e. The molecule has 6 nitrogen and oxygen atoms in total. The zero-order valence-corrected chi connectivity index (χ0v) is 16.4. The molecule has 28 heavy (non-hydrogen) atoms. The van der Waals surface area contributed by atoms with E-state index >= 15 is 0 Å². The van der Waals surface area contributed by atoms with Gasteiger partial charge in [-0.1, -0.05) is 36.4 Å². The van der Waals surface area contributed by atoms with Crippen molar-refractivity contribution < 1.29 is 4.42 Å². The summed E-state index contributed by atoms with van der Waals surface area (Å²) in [5.41, 5.74) is 3.04. The average molecular weight is 377 g/mol. The molecule has 3 aromatic rings. The van der Waals surface area contributed by atoms with Gasteiger partial charge in [-0.25, -0.2) is 4.98 Å². The van der Waals surface area contributed by atoms with Gasteiger partial charge in [-0.2, -0.15) is 0 Å². The number of aromatic nitrogens is 1. The Morgan fingerprint density at radius 3 is 2.46 bits per heavy atom. The van der Waals surface area contributed by atoms with E-state index in [1.165, 1.54) is 5.69 Å². The van der Waals surface area contributed by atoms with Crippen LogP contribution in [0.15, 0.2) is 76.3 Å². The molecule has 0 aliphatic rings. The average Bonchev–Trinajstić information content (AvgIpc) is 3.23. The third-order valence-electron chi connectivity index (χ3n) is 4.39. The number of nitrogens with one attached hydrogen (secondary N) is 2. The van der Waals surface area contributed by atoms with Gasteiger partial charge >= 0.3 is 0 Å². The Kier molecular flexibility index (Phi) is 7.07. The second-order valence-corrected chi connectivity index (χ2v) is 6.47. The third-order valence-corrected chi connectivity index (χ3v) is 4.39. The summed E-state index contributed by atoms with van der Waals surface area (Å²) in [6, 6.07) is 20.3. The number of anilines is 1. The molecule has 146 valence electrons. The van der Waals surface area contributed by atoms with Crippen molar-refractivity contribution in [3.05, 3.63) is 72.6 Å². The molecule has 0 amide bonds. The molecule has 1 heterocycles. The van der Waals surface area contributed by atoms with Crippen LogP contribution in [0.5, 0.6) is 0 Å². The molecule has 0 bridgehead atoms. The van der Waals surface area contributed by atoms with Crippen LogP contribution in [-0.4, -0.2) is 38.1 Å². The van der Waals surface area contributed by atoms with Crippen LogP contribution >= 0.6 is 0 Å². The fraction of sp³-hybridized carbons (Fsp3) is 0.273. The number of oxazole rings is 1. The Labute approximate surface area is 166 Å². The van der Waals surface area contributed by atoms with E-state index in [1.54, 1.807) is 13.3 Å². The zero-order valence-electron chi connectivity index (χ0n) is 16.4. The molecule has 6 heteroatoms. The summed E-state index contributed by atoms with van der Waals surface area (Å²) < 4.78 is 5.57. The summed E-state index contributed by atoms with van der Waals surface area (Å²) in [5.74, 6) is 1.39. The van der Waals surface area contributed by atoms with Crippen LogP contribution < -0.4 is 15.5 Å². The first-order valence-electron chi connectivity index (χ1n) is 9.47. The molecular formula is C22H27N5O. The van der Waals surface area contributed by atoms with E-state index in [4.69, 9.17) is 4.42 Å². The highest BCUT2D eigenvalue weighted by Gasteiger charge is 2.07. The maximum atomic E-state index is 5.57. The molecule has 1 aromatic heterocycles. The standard InChI is InChI=1S/C22H27N5O/c1-23-22(24-14-9-15-27(2)20-12-7-4-8-13-20)25-16-19-17-28-21(26-19)18-10-5-3-6-11-18/h3-8,10-13,17H,9,14-16H2,1-2H3,(H2,23,24,25). The quantitative estimate of drug-likeness (QED) is 0.357. The Hall–Kier alpha value is -3.28. The second kappa shape index (κ2) is 10.2. The van der Waals surface area contributed by atoms with E-state index in [-0.39, 0.29) is 0 Å². The van der Waals surface area contributed by atoms with Crippen LogP contribution in [0.4, 0.5) is 5.69 Å². The molecule has 0 radical (unpaired) electrons. The normalized spacial score (nSPS) is 11.3. The third kappa shape index (κ3) is 5.61. The number of nitrogens with zero attached hydrogens (tertiary/aromatic N) is 3. The van der Waals surface area contributed by atoms with Crippen LogP contribution in [0.25, 0.3) is 11.5 Å². The Morgan fingerprint density at radius 2 is 1.75 bits per heavy atom. The number of hydrogen-bond acceptors (Lipinski definition) is 4. The van der Waals surface area contributed by atoms with Gasteiger partial charge in [0, 0.05) is 38.4 Å². The van der Waals surface area contributed by atoms with Gasteiger partial charge in [0.05, 0.1) is 12.2 Å². The molecule has 0 atom stereocenters. The summed E-state index contributed by atoms with van der Waals surface area (Å²) in [6.45, 7) is 2.36. The predicted octanol–water partition coefficient (Wildman–Crippen LogP) is 3.53. The van der Waals surface area contributed by atoms with Crippen LogP contribution in [0.2, 0.25) is 0 Å². The van der Waals surface area contributed by atoms with Gasteiger partial charge in [0.2, 0.25) is 5.89 Å². The van der Waals surface area contributed by atoms with Crippen molar-refractivity contribution in [3.63, 3.8) is 0 Å². The molecule has 2 aromatic carbocycles. The van der Waals surface area contributed by atoms with Crippen molar-refractivity contribution >= 4 is 11.6 Å². The predicted molar refractivity (Wildman–Crippen MR) is 114 cm³/mol. The minimum Gasteiger partial charge on any atom is -0.444 e. The van der Waals surface area contributed by atoms with E-state index in [0.717, 1.165) is 36.7 Å². The highest BCUT2D eigenvalue weighted by Crippen LogP contribution is 2.17. The minimum atomic E-state index is 0.555. The first kappa shape index (κ1) is 19.5. The second-order valence-electron chi connectivity index (χ2n) is 6.47. The zero-order chi connectivity index (χ0) is 19.6. The lowest BCUT2D eigenvalue weighted by Crippen LogP contribution is -2.38. The van der Waals surface area contributed by atoms with Crippen molar-refractivity contribution in [2.24, 2.45) is 4.99 Å². The highest BCUT2D eigenvalue weighted by molar-refractivity contribution is 5.79. The molecule has 0 aliphatic heterocycles. The number of guanidine groups is 1. The van der Waals surface area contributed by atoms with Gasteiger partial charge in [0.15, 0.2) is 5.96 Å². The van der Waals surface area contributed by atoms with E-state index in [9.17, 15) is 0 Å². The minimum absolute atomic E-state index is 0.555. The summed E-state index contributed by atoms with van der Waals surface area (Å²) in [6.07, 6.45) is 2.69. The van der Waals surface area contributed by atoms with E-state index in [0.29, 0.717) is 12.4 Å². The van der Waals surface area contributed by atoms with Crippen molar-refractivity contribution in [1.29, 1.82) is 0 Å². The summed E-state index contributed by atoms with van der Waals surface area (Å²) in [4.78, 5) is 11.0. The molecule has 3 rings (SSSR count). The number of para-hydroxylation sites is 1. The Morgan fingerprint density at radius 1 is 1.04 bits per heavy atom. The van der Waals surface area contributed by atoms with Crippen molar-refractivity contribution in [2.45, 2.75) is 13.0 Å². The molecular weight excluding hydrogens is 350 g/mol. The first-order valence-corrected chi connectivity index (χ1v) is 9.47. The lowest BCUT2D eigenvalue weighted by molar-refractivity contribution is 0.572. The van der Waals surface area contributed by atoms with Crippen LogP contribution in [-0.2, 0) is 6.54 Å². The van der Waals surface area contributed by atoms with Crippen LogP contribution in [0.1, 0.15) is 12.1 Å². The van der Waals surface area contributed by atoms with E-state index in [2.05, 4.69) is 56.8 Å². The first-order chi connectivity index (χ1) is 13.8. The van der Waals surface area contributed by atoms with Gasteiger partial charge in [-0.15, -0.1) is 0 Å². The molecule has 0 spiro atoms. The van der Waals surface area contributed by atoms with Gasteiger partial charge in [-0.3, -0.25) is 4.99 Å². The lowest BCUT2D eigenvalue weighted by Gasteiger charge is -2.19. The molecule has 0 aliphatic carbocycles. The van der Waals surface area contributed by atoms with Crippen molar-refractivity contribution in [3.8, 4) is 11.5 Å². The maximum absolute atomic E-state index is 5.57. The SMILES string of the molecule is CN=C(NCCCN(C)c1ccccc1)NCc1coc(-c2ccccc2)n1. The van der Waals surface area contributed by atoms with Gasteiger partial charge in [-0.05, 0) is 30.7 Å². The summed E-state index contributed by atoms with van der Waals surface area (Å²) in [7, 11) is 3.88. The molecule has 0 unspecified atom stereocenters. The molecule has 2 N–H and O–H groups in total. The van der Waals surface area contributed by atoms with Crippen LogP contribution in [0, 0.1) is 0 Å². The summed E-state index contributed by atoms with van der Waals surface area (Å²) in [5, 5.41) is 6.61. The fourth-order valence-electron chi connectivity index (χ4n) is 2.83. The number of rotatable bonds is 8. The van der Waals surface area contributed by atoms with E-state index in [1.807, 2.05) is 36.4 Å². The number of aliphatic imine (C=N–C) groups is 1. The Bertz CT molecular complexity index is 861. The Balaban J connectivity index is 1.40. The lowest BCUT2D eigenvalue weighted by atomic mass is 10.2. The van der Waals surface area contributed by atoms with Gasteiger partial charge < -0.3 is 20.0 Å². The molecule has 0 saturated heterocycles. The van der Waals surface area contributed by atoms with Crippen molar-refractivity contribution in [1.82, 2.24) is 15.6 Å². The van der Waals surface area contributed by atoms with E-state index < -0.39 is 0 Å². The van der Waals surface area contributed by atoms with Crippen molar-refractivity contribution in [2.75, 3.05) is 32.1 Å². The number of benzene rings is 2. The maximum Gasteiger partial charge on any atom is 0.226 e. The highest BCUT2D eigenvalue weighted by atomic mass is 16.3.